The summed E-state index contributed by atoms with van der Waals surface area (Å²) in [5.74, 6) is -1.13. The second-order valence-electron chi connectivity index (χ2n) is 7.91. The van der Waals surface area contributed by atoms with Gasteiger partial charge >= 0.3 is 12.1 Å². The molecule has 1 aromatic carbocycles. The number of ether oxygens (including phenoxy) is 1. The lowest BCUT2D eigenvalue weighted by Gasteiger charge is -2.25. The van der Waals surface area contributed by atoms with Gasteiger partial charge in [0.15, 0.2) is 0 Å². The van der Waals surface area contributed by atoms with Gasteiger partial charge in [-0.2, -0.15) is 0 Å². The van der Waals surface area contributed by atoms with Gasteiger partial charge in [-0.05, 0) is 29.7 Å². The van der Waals surface area contributed by atoms with E-state index < -0.39 is 18.1 Å². The van der Waals surface area contributed by atoms with Crippen LogP contribution in [0, 0.1) is 17.8 Å². The third-order valence-electron chi connectivity index (χ3n) is 4.81. The van der Waals surface area contributed by atoms with Gasteiger partial charge in [-0.1, -0.05) is 64.4 Å². The molecule has 1 aromatic rings. The van der Waals surface area contributed by atoms with E-state index >= 15 is 0 Å². The van der Waals surface area contributed by atoms with Gasteiger partial charge in [-0.15, -0.1) is 0 Å². The SMILES string of the molecule is CCC(C)C(NC(=O)OCc1ccccc1)C(=O)NC[C@H](CC(=O)O)CC(C)C. The van der Waals surface area contributed by atoms with Crippen LogP contribution in [0.5, 0.6) is 0 Å². The van der Waals surface area contributed by atoms with Crippen molar-refractivity contribution >= 4 is 18.0 Å². The number of rotatable bonds is 12. The Morgan fingerprint density at radius 3 is 2.31 bits per heavy atom. The second kappa shape index (κ2) is 12.8. The van der Waals surface area contributed by atoms with E-state index in [-0.39, 0.29) is 37.3 Å². The monoisotopic (exact) mass is 406 g/mol. The molecule has 0 aliphatic heterocycles. The van der Waals surface area contributed by atoms with Crippen molar-refractivity contribution in [1.82, 2.24) is 10.6 Å². The van der Waals surface area contributed by atoms with Crippen molar-refractivity contribution in [3.05, 3.63) is 35.9 Å². The van der Waals surface area contributed by atoms with Crippen molar-refractivity contribution in [2.45, 2.75) is 59.6 Å². The van der Waals surface area contributed by atoms with Gasteiger partial charge in [0.25, 0.3) is 0 Å². The Balaban J connectivity index is 2.64. The maximum Gasteiger partial charge on any atom is 0.408 e. The lowest BCUT2D eigenvalue weighted by Crippen LogP contribution is -2.51. The molecule has 0 radical (unpaired) electrons. The number of amides is 2. The molecule has 0 aliphatic rings. The van der Waals surface area contributed by atoms with E-state index in [4.69, 9.17) is 9.84 Å². The Labute approximate surface area is 173 Å². The molecule has 0 spiro atoms. The number of carbonyl (C=O) groups excluding carboxylic acids is 2. The average molecular weight is 407 g/mol. The fourth-order valence-corrected chi connectivity index (χ4v) is 3.10. The molecule has 3 N–H and O–H groups in total. The predicted octanol–water partition coefficient (Wildman–Crippen LogP) is 3.58. The van der Waals surface area contributed by atoms with E-state index in [0.717, 1.165) is 5.56 Å². The van der Waals surface area contributed by atoms with Crippen LogP contribution in [0.1, 0.15) is 52.5 Å². The summed E-state index contributed by atoms with van der Waals surface area (Å²) >= 11 is 0. The number of alkyl carbamates (subject to hydrolysis) is 1. The van der Waals surface area contributed by atoms with Gasteiger partial charge in [0, 0.05) is 13.0 Å². The summed E-state index contributed by atoms with van der Waals surface area (Å²) in [6, 6.07) is 8.55. The van der Waals surface area contributed by atoms with Crippen LogP contribution in [0.3, 0.4) is 0 Å². The van der Waals surface area contributed by atoms with Gasteiger partial charge in [0.1, 0.15) is 12.6 Å². The quantitative estimate of drug-likeness (QED) is 0.492. The molecule has 2 amide bonds. The van der Waals surface area contributed by atoms with Gasteiger partial charge in [-0.3, -0.25) is 9.59 Å². The first kappa shape index (κ1) is 24.5. The average Bonchev–Trinajstić information content (AvgIpc) is 2.67. The molecular weight excluding hydrogens is 372 g/mol. The van der Waals surface area contributed by atoms with E-state index in [1.807, 2.05) is 58.0 Å². The number of nitrogens with one attached hydrogen (secondary N) is 2. The van der Waals surface area contributed by atoms with Crippen LogP contribution in [0.4, 0.5) is 4.79 Å². The highest BCUT2D eigenvalue weighted by molar-refractivity contribution is 5.85. The molecule has 0 aliphatic carbocycles. The van der Waals surface area contributed by atoms with E-state index in [0.29, 0.717) is 18.8 Å². The molecule has 29 heavy (non-hydrogen) atoms. The summed E-state index contributed by atoms with van der Waals surface area (Å²) in [5.41, 5.74) is 0.859. The Morgan fingerprint density at radius 2 is 1.76 bits per heavy atom. The molecule has 0 fully saturated rings. The largest absolute Gasteiger partial charge is 0.481 e. The second-order valence-corrected chi connectivity index (χ2v) is 7.91. The van der Waals surface area contributed by atoms with Gasteiger partial charge in [0.05, 0.1) is 0 Å². The molecule has 0 heterocycles. The van der Waals surface area contributed by atoms with Crippen molar-refractivity contribution in [3.63, 3.8) is 0 Å². The Bertz CT molecular complexity index is 648. The summed E-state index contributed by atoms with van der Waals surface area (Å²) in [5, 5.41) is 14.6. The molecule has 0 saturated heterocycles. The number of carboxylic acid groups (broad SMARTS) is 1. The first-order chi connectivity index (χ1) is 13.7. The van der Waals surface area contributed by atoms with E-state index in [2.05, 4.69) is 10.6 Å². The predicted molar refractivity (Wildman–Crippen MR) is 111 cm³/mol. The smallest absolute Gasteiger partial charge is 0.408 e. The van der Waals surface area contributed by atoms with Crippen LogP contribution in [0.25, 0.3) is 0 Å². The summed E-state index contributed by atoms with van der Waals surface area (Å²) in [7, 11) is 0. The van der Waals surface area contributed by atoms with Crippen molar-refractivity contribution in [1.29, 1.82) is 0 Å². The van der Waals surface area contributed by atoms with Gasteiger partial charge in [0.2, 0.25) is 5.91 Å². The fraction of sp³-hybridized carbons (Fsp3) is 0.591. The minimum atomic E-state index is -0.883. The minimum absolute atomic E-state index is 0.000988. The zero-order chi connectivity index (χ0) is 21.8. The molecule has 1 rings (SSSR count). The third-order valence-corrected chi connectivity index (χ3v) is 4.81. The molecule has 3 atom stereocenters. The summed E-state index contributed by atoms with van der Waals surface area (Å²) < 4.78 is 5.23. The molecule has 0 saturated carbocycles. The summed E-state index contributed by atoms with van der Waals surface area (Å²) in [6.45, 7) is 8.23. The van der Waals surface area contributed by atoms with Crippen molar-refractivity contribution < 1.29 is 24.2 Å². The van der Waals surface area contributed by atoms with Crippen LogP contribution in [0.15, 0.2) is 30.3 Å². The van der Waals surface area contributed by atoms with Crippen molar-refractivity contribution in [3.8, 4) is 0 Å². The third kappa shape index (κ3) is 9.96. The minimum Gasteiger partial charge on any atom is -0.481 e. The summed E-state index contributed by atoms with van der Waals surface area (Å²) in [4.78, 5) is 36.0. The summed E-state index contributed by atoms with van der Waals surface area (Å²) in [6.07, 6.45) is 0.742. The highest BCUT2D eigenvalue weighted by Crippen LogP contribution is 2.15. The molecule has 2 unspecified atom stereocenters. The topological polar surface area (TPSA) is 105 Å². The number of hydrogen-bond acceptors (Lipinski definition) is 4. The zero-order valence-corrected chi connectivity index (χ0v) is 17.8. The molecule has 0 bridgehead atoms. The number of carbonyl (C=O) groups is 3. The van der Waals surface area contributed by atoms with Crippen LogP contribution < -0.4 is 10.6 Å². The molecule has 162 valence electrons. The number of aliphatic carboxylic acids is 1. The van der Waals surface area contributed by atoms with Crippen molar-refractivity contribution in [2.75, 3.05) is 6.54 Å². The Morgan fingerprint density at radius 1 is 1.10 bits per heavy atom. The van der Waals surface area contributed by atoms with E-state index in [1.165, 1.54) is 0 Å². The molecule has 7 nitrogen and oxygen atoms in total. The van der Waals surface area contributed by atoms with Crippen LogP contribution in [0.2, 0.25) is 0 Å². The molecule has 7 heteroatoms. The van der Waals surface area contributed by atoms with Crippen molar-refractivity contribution in [2.24, 2.45) is 17.8 Å². The van der Waals surface area contributed by atoms with E-state index in [9.17, 15) is 14.4 Å². The highest BCUT2D eigenvalue weighted by Gasteiger charge is 2.27. The molecule has 0 aromatic heterocycles. The molecular formula is C22H34N2O5. The van der Waals surface area contributed by atoms with Crippen LogP contribution >= 0.6 is 0 Å². The lowest BCUT2D eigenvalue weighted by atomic mass is 9.93. The van der Waals surface area contributed by atoms with Gasteiger partial charge < -0.3 is 20.5 Å². The highest BCUT2D eigenvalue weighted by atomic mass is 16.5. The maximum absolute atomic E-state index is 12.7. The standard InChI is InChI=1S/C22H34N2O5/c1-5-16(4)20(24-22(28)29-14-17-9-7-6-8-10-17)21(27)23-13-18(11-15(2)3)12-19(25)26/h6-10,15-16,18,20H,5,11-14H2,1-4H3,(H,23,27)(H,24,28)(H,25,26)/t16?,18-,20?/m0/s1. The zero-order valence-electron chi connectivity index (χ0n) is 17.8. The number of benzene rings is 1. The van der Waals surface area contributed by atoms with E-state index in [1.54, 1.807) is 0 Å². The number of hydrogen-bond donors (Lipinski definition) is 3. The van der Waals surface area contributed by atoms with Crippen LogP contribution in [-0.4, -0.2) is 35.7 Å². The lowest BCUT2D eigenvalue weighted by molar-refractivity contribution is -0.138. The first-order valence-corrected chi connectivity index (χ1v) is 10.2. The Hall–Kier alpha value is -2.57. The van der Waals surface area contributed by atoms with Crippen LogP contribution in [-0.2, 0) is 20.9 Å². The maximum atomic E-state index is 12.7. The van der Waals surface area contributed by atoms with Gasteiger partial charge in [-0.25, -0.2) is 4.79 Å². The Kier molecular flexibility index (Phi) is 10.8. The normalized spacial score (nSPS) is 14.0. The first-order valence-electron chi connectivity index (χ1n) is 10.2. The fourth-order valence-electron chi connectivity index (χ4n) is 3.10. The number of carboxylic acids is 1.